The van der Waals surface area contributed by atoms with E-state index in [1.807, 2.05) is 37.4 Å². The molecule has 3 N–H and O–H groups in total. The maximum absolute atomic E-state index is 11.6. The predicted octanol–water partition coefficient (Wildman–Crippen LogP) is 2.30. The van der Waals surface area contributed by atoms with Crippen molar-refractivity contribution in [3.8, 4) is 0 Å². The molecule has 1 atom stereocenters. The number of nitrogens with one attached hydrogen (secondary N) is 2. The van der Waals surface area contributed by atoms with Crippen molar-refractivity contribution >= 4 is 23.5 Å². The van der Waals surface area contributed by atoms with Gasteiger partial charge in [-0.1, -0.05) is 13.0 Å². The second-order valence-corrected chi connectivity index (χ2v) is 4.50. The highest BCUT2D eigenvalue weighted by atomic mass is 32.2. The van der Waals surface area contributed by atoms with Gasteiger partial charge < -0.3 is 15.7 Å². The van der Waals surface area contributed by atoms with Crippen molar-refractivity contribution in [1.29, 1.82) is 0 Å². The monoisotopic (exact) mass is 254 g/mol. The van der Waals surface area contributed by atoms with Gasteiger partial charge in [0.2, 0.25) is 0 Å². The Labute approximate surface area is 106 Å². The first kappa shape index (κ1) is 13.9. The fourth-order valence-corrected chi connectivity index (χ4v) is 1.79. The normalized spacial score (nSPS) is 11.9. The third kappa shape index (κ3) is 4.66. The van der Waals surface area contributed by atoms with E-state index < -0.39 is 0 Å². The van der Waals surface area contributed by atoms with E-state index in [1.54, 1.807) is 11.8 Å². The molecule has 2 amide bonds. The molecule has 0 aliphatic heterocycles. The number of aliphatic hydroxyl groups excluding tert-OH is 1. The van der Waals surface area contributed by atoms with Gasteiger partial charge in [-0.05, 0) is 30.9 Å². The summed E-state index contributed by atoms with van der Waals surface area (Å²) in [5.74, 6) is 0. The van der Waals surface area contributed by atoms with Gasteiger partial charge in [-0.2, -0.15) is 0 Å². The minimum atomic E-state index is -0.288. The van der Waals surface area contributed by atoms with Gasteiger partial charge in [0.1, 0.15) is 0 Å². The number of hydrogen-bond acceptors (Lipinski definition) is 3. The molecule has 1 rings (SSSR count). The van der Waals surface area contributed by atoms with Crippen LogP contribution in [0.2, 0.25) is 0 Å². The lowest BCUT2D eigenvalue weighted by atomic mass is 10.2. The molecule has 0 spiro atoms. The molecule has 0 bridgehead atoms. The standard InChI is InChI=1S/C12H18N2O2S/c1-3-9(8-15)13-12(16)14-10-5-4-6-11(7-10)17-2/h4-7,9,15H,3,8H2,1-2H3,(H2,13,14,16). The molecule has 0 fully saturated rings. The van der Waals surface area contributed by atoms with Crippen LogP contribution in [0.15, 0.2) is 29.2 Å². The molecule has 0 aromatic heterocycles. The fourth-order valence-electron chi connectivity index (χ4n) is 1.33. The van der Waals surface area contributed by atoms with E-state index in [4.69, 9.17) is 5.11 Å². The summed E-state index contributed by atoms with van der Waals surface area (Å²) in [5, 5.41) is 14.4. The molecule has 4 nitrogen and oxygen atoms in total. The van der Waals surface area contributed by atoms with E-state index >= 15 is 0 Å². The van der Waals surface area contributed by atoms with E-state index in [1.165, 1.54) is 0 Å². The Balaban J connectivity index is 2.55. The molecule has 0 heterocycles. The molecule has 1 unspecified atom stereocenters. The average Bonchev–Trinajstić information content (AvgIpc) is 2.36. The summed E-state index contributed by atoms with van der Waals surface area (Å²) >= 11 is 1.62. The highest BCUT2D eigenvalue weighted by Gasteiger charge is 2.08. The van der Waals surface area contributed by atoms with Crippen molar-refractivity contribution in [3.05, 3.63) is 24.3 Å². The predicted molar refractivity (Wildman–Crippen MR) is 71.5 cm³/mol. The first-order valence-corrected chi connectivity index (χ1v) is 6.74. The number of urea groups is 1. The second-order valence-electron chi connectivity index (χ2n) is 3.62. The van der Waals surface area contributed by atoms with Crippen LogP contribution in [0, 0.1) is 0 Å². The zero-order chi connectivity index (χ0) is 12.7. The molecule has 94 valence electrons. The van der Waals surface area contributed by atoms with Crippen LogP contribution >= 0.6 is 11.8 Å². The summed E-state index contributed by atoms with van der Waals surface area (Å²) in [6.45, 7) is 1.87. The summed E-state index contributed by atoms with van der Waals surface area (Å²) in [4.78, 5) is 12.7. The minimum absolute atomic E-state index is 0.0469. The zero-order valence-corrected chi connectivity index (χ0v) is 10.9. The molecule has 0 radical (unpaired) electrons. The Morgan fingerprint density at radius 1 is 1.53 bits per heavy atom. The molecule has 1 aromatic rings. The summed E-state index contributed by atoms with van der Waals surface area (Å²) in [6.07, 6.45) is 2.69. The molecule has 0 aliphatic rings. The van der Waals surface area contributed by atoms with Crippen molar-refractivity contribution in [2.45, 2.75) is 24.3 Å². The number of thioether (sulfide) groups is 1. The summed E-state index contributed by atoms with van der Waals surface area (Å²) in [7, 11) is 0. The van der Waals surface area contributed by atoms with Crippen molar-refractivity contribution in [3.63, 3.8) is 0 Å². The van der Waals surface area contributed by atoms with E-state index in [0.717, 1.165) is 10.6 Å². The van der Waals surface area contributed by atoms with Gasteiger partial charge in [0.25, 0.3) is 0 Å². The lowest BCUT2D eigenvalue weighted by molar-refractivity contribution is 0.222. The van der Waals surface area contributed by atoms with Crippen LogP contribution in [0.3, 0.4) is 0 Å². The Hall–Kier alpha value is -1.20. The molecular formula is C12H18N2O2S. The lowest BCUT2D eigenvalue weighted by Gasteiger charge is -2.14. The Kier molecular flexibility index (Phi) is 5.86. The number of carbonyl (C=O) groups excluding carboxylic acids is 1. The number of rotatable bonds is 5. The molecule has 0 aliphatic carbocycles. The topological polar surface area (TPSA) is 61.4 Å². The highest BCUT2D eigenvalue weighted by molar-refractivity contribution is 7.98. The number of amides is 2. The smallest absolute Gasteiger partial charge is 0.319 e. The Morgan fingerprint density at radius 3 is 2.88 bits per heavy atom. The van der Waals surface area contributed by atoms with Gasteiger partial charge in [0, 0.05) is 10.6 Å². The molecular weight excluding hydrogens is 236 g/mol. The van der Waals surface area contributed by atoms with Crippen LogP contribution in [0.4, 0.5) is 10.5 Å². The Bertz CT molecular complexity index is 367. The number of carbonyl (C=O) groups is 1. The van der Waals surface area contributed by atoms with Gasteiger partial charge >= 0.3 is 6.03 Å². The van der Waals surface area contributed by atoms with E-state index in [-0.39, 0.29) is 18.7 Å². The number of hydrogen-bond donors (Lipinski definition) is 3. The minimum Gasteiger partial charge on any atom is -0.394 e. The lowest BCUT2D eigenvalue weighted by Crippen LogP contribution is -2.39. The van der Waals surface area contributed by atoms with Crippen LogP contribution in [-0.4, -0.2) is 30.0 Å². The third-order valence-electron chi connectivity index (χ3n) is 2.38. The van der Waals surface area contributed by atoms with Crippen LogP contribution in [0.5, 0.6) is 0 Å². The number of anilines is 1. The van der Waals surface area contributed by atoms with E-state index in [9.17, 15) is 4.79 Å². The summed E-state index contributed by atoms with van der Waals surface area (Å²) in [5.41, 5.74) is 0.752. The first-order valence-electron chi connectivity index (χ1n) is 5.52. The van der Waals surface area contributed by atoms with Gasteiger partial charge in [-0.25, -0.2) is 4.79 Å². The fraction of sp³-hybridized carbons (Fsp3) is 0.417. The SMILES string of the molecule is CCC(CO)NC(=O)Nc1cccc(SC)c1. The van der Waals surface area contributed by atoms with Gasteiger partial charge in [0.05, 0.1) is 12.6 Å². The van der Waals surface area contributed by atoms with Crippen LogP contribution < -0.4 is 10.6 Å². The molecule has 0 saturated carbocycles. The van der Waals surface area contributed by atoms with Crippen molar-refractivity contribution in [1.82, 2.24) is 5.32 Å². The van der Waals surface area contributed by atoms with Crippen LogP contribution in [0.25, 0.3) is 0 Å². The quantitative estimate of drug-likeness (QED) is 0.707. The molecule has 0 saturated heterocycles. The maximum atomic E-state index is 11.6. The van der Waals surface area contributed by atoms with Crippen molar-refractivity contribution in [2.24, 2.45) is 0 Å². The Morgan fingerprint density at radius 2 is 2.29 bits per heavy atom. The summed E-state index contributed by atoms with van der Waals surface area (Å²) in [6, 6.07) is 7.13. The van der Waals surface area contributed by atoms with Gasteiger partial charge in [-0.3, -0.25) is 0 Å². The number of aliphatic hydroxyl groups is 1. The summed E-state index contributed by atoms with van der Waals surface area (Å²) < 4.78 is 0. The third-order valence-corrected chi connectivity index (χ3v) is 3.10. The first-order chi connectivity index (χ1) is 8.19. The van der Waals surface area contributed by atoms with Crippen LogP contribution in [-0.2, 0) is 0 Å². The maximum Gasteiger partial charge on any atom is 0.319 e. The molecule has 1 aromatic carbocycles. The van der Waals surface area contributed by atoms with E-state index in [2.05, 4.69) is 10.6 Å². The molecule has 5 heteroatoms. The second kappa shape index (κ2) is 7.19. The molecule has 17 heavy (non-hydrogen) atoms. The van der Waals surface area contributed by atoms with Gasteiger partial charge in [-0.15, -0.1) is 11.8 Å². The highest BCUT2D eigenvalue weighted by Crippen LogP contribution is 2.18. The van der Waals surface area contributed by atoms with Crippen molar-refractivity contribution in [2.75, 3.05) is 18.2 Å². The number of benzene rings is 1. The zero-order valence-electron chi connectivity index (χ0n) is 10.1. The average molecular weight is 254 g/mol. The van der Waals surface area contributed by atoms with Crippen LogP contribution in [0.1, 0.15) is 13.3 Å². The van der Waals surface area contributed by atoms with Crippen molar-refractivity contribution < 1.29 is 9.90 Å². The van der Waals surface area contributed by atoms with E-state index in [0.29, 0.717) is 6.42 Å². The largest absolute Gasteiger partial charge is 0.394 e. The van der Waals surface area contributed by atoms with Gasteiger partial charge in [0.15, 0.2) is 0 Å².